The van der Waals surface area contributed by atoms with Crippen LogP contribution >= 0.6 is 0 Å². The van der Waals surface area contributed by atoms with Gasteiger partial charge < -0.3 is 4.90 Å². The number of pyridine rings is 1. The molecular formula is C24H30N2O. The van der Waals surface area contributed by atoms with E-state index in [1.54, 1.807) is 0 Å². The predicted octanol–water partition coefficient (Wildman–Crippen LogP) is 4.88. The van der Waals surface area contributed by atoms with Gasteiger partial charge in [-0.1, -0.05) is 49.6 Å². The zero-order chi connectivity index (χ0) is 18.6. The van der Waals surface area contributed by atoms with Crippen LogP contribution in [0.25, 0.3) is 0 Å². The van der Waals surface area contributed by atoms with Gasteiger partial charge in [0.15, 0.2) is 0 Å². The second-order valence-corrected chi connectivity index (χ2v) is 8.31. The maximum absolute atomic E-state index is 12.9. The molecule has 4 rings (SSSR count). The molecule has 1 saturated heterocycles. The minimum absolute atomic E-state index is 0.275. The zero-order valence-electron chi connectivity index (χ0n) is 16.4. The van der Waals surface area contributed by atoms with Gasteiger partial charge in [0.1, 0.15) is 0 Å². The molecule has 27 heavy (non-hydrogen) atoms. The number of likely N-dealkylation sites (tertiary alicyclic amines) is 1. The van der Waals surface area contributed by atoms with Gasteiger partial charge in [-0.25, -0.2) is 0 Å². The van der Waals surface area contributed by atoms with E-state index < -0.39 is 0 Å². The third-order valence-corrected chi connectivity index (χ3v) is 6.16. The Morgan fingerprint density at radius 2 is 1.81 bits per heavy atom. The van der Waals surface area contributed by atoms with Crippen LogP contribution in [-0.2, 0) is 11.2 Å². The molecule has 2 fully saturated rings. The quantitative estimate of drug-likeness (QED) is 0.777. The van der Waals surface area contributed by atoms with E-state index in [1.807, 2.05) is 0 Å². The van der Waals surface area contributed by atoms with Crippen molar-refractivity contribution in [1.82, 2.24) is 9.88 Å². The third kappa shape index (κ3) is 4.40. The summed E-state index contributed by atoms with van der Waals surface area (Å²) < 4.78 is 0. The number of aromatic nitrogens is 1. The maximum atomic E-state index is 12.9. The van der Waals surface area contributed by atoms with Crippen molar-refractivity contribution >= 4 is 5.91 Å². The Bertz CT molecular complexity index is 780. The average molecular weight is 363 g/mol. The Labute approximate surface area is 162 Å². The number of hydrogen-bond donors (Lipinski definition) is 0. The second-order valence-electron chi connectivity index (χ2n) is 8.31. The largest absolute Gasteiger partial charge is 0.342 e. The van der Waals surface area contributed by atoms with Crippen molar-refractivity contribution in [2.24, 2.45) is 5.92 Å². The number of aryl methyl sites for hydroxylation is 1. The molecule has 2 aliphatic rings. The Morgan fingerprint density at radius 1 is 1.04 bits per heavy atom. The van der Waals surface area contributed by atoms with E-state index in [-0.39, 0.29) is 5.92 Å². The molecule has 0 bridgehead atoms. The van der Waals surface area contributed by atoms with Crippen LogP contribution in [0.5, 0.6) is 0 Å². The summed E-state index contributed by atoms with van der Waals surface area (Å²) in [4.78, 5) is 19.8. The molecule has 0 unspecified atom stereocenters. The van der Waals surface area contributed by atoms with Crippen molar-refractivity contribution in [1.29, 1.82) is 0 Å². The van der Waals surface area contributed by atoms with Gasteiger partial charge in [0.05, 0.1) is 0 Å². The molecule has 0 radical (unpaired) electrons. The standard InChI is InChI=1S/C24H30N2O/c1-18-14-20(15-19-8-4-2-5-9-19)16-23(25-18)22-12-13-26(17-22)24(27)21-10-6-3-7-11-21/h2,4-5,8-9,14,16,21-22H,3,6-7,10-13,15,17H2,1H3/t22-/m1/s1. The van der Waals surface area contributed by atoms with Crippen LogP contribution in [0.4, 0.5) is 0 Å². The molecule has 1 saturated carbocycles. The number of rotatable bonds is 4. The lowest BCUT2D eigenvalue weighted by Crippen LogP contribution is -2.35. The van der Waals surface area contributed by atoms with E-state index >= 15 is 0 Å². The van der Waals surface area contributed by atoms with E-state index in [4.69, 9.17) is 4.98 Å². The van der Waals surface area contributed by atoms with E-state index in [2.05, 4.69) is 54.3 Å². The smallest absolute Gasteiger partial charge is 0.225 e. The van der Waals surface area contributed by atoms with E-state index in [9.17, 15) is 4.79 Å². The highest BCUT2D eigenvalue weighted by Gasteiger charge is 2.32. The van der Waals surface area contributed by atoms with Crippen molar-refractivity contribution in [2.75, 3.05) is 13.1 Å². The SMILES string of the molecule is Cc1cc(Cc2ccccc2)cc([C@@H]2CCN(C(=O)C3CCCCC3)C2)n1. The van der Waals surface area contributed by atoms with Crippen LogP contribution in [0.3, 0.4) is 0 Å². The number of benzene rings is 1. The molecule has 2 aromatic rings. The van der Waals surface area contributed by atoms with Crippen LogP contribution in [0, 0.1) is 12.8 Å². The molecule has 0 spiro atoms. The van der Waals surface area contributed by atoms with Crippen LogP contribution in [0.15, 0.2) is 42.5 Å². The fraction of sp³-hybridized carbons (Fsp3) is 0.500. The first kappa shape index (κ1) is 18.2. The van der Waals surface area contributed by atoms with Gasteiger partial charge in [0.25, 0.3) is 0 Å². The van der Waals surface area contributed by atoms with Crippen LogP contribution in [-0.4, -0.2) is 28.9 Å². The van der Waals surface area contributed by atoms with E-state index in [0.717, 1.165) is 44.5 Å². The highest BCUT2D eigenvalue weighted by Crippen LogP contribution is 2.31. The molecular weight excluding hydrogens is 332 g/mol. The number of amides is 1. The number of nitrogens with zero attached hydrogens (tertiary/aromatic N) is 2. The fourth-order valence-electron chi connectivity index (χ4n) is 4.72. The molecule has 1 aromatic carbocycles. The molecule has 2 heterocycles. The van der Waals surface area contributed by atoms with Gasteiger partial charge in [-0.05, 0) is 55.9 Å². The maximum Gasteiger partial charge on any atom is 0.225 e. The van der Waals surface area contributed by atoms with Gasteiger partial charge >= 0.3 is 0 Å². The summed E-state index contributed by atoms with van der Waals surface area (Å²) in [6, 6.07) is 15.1. The lowest BCUT2D eigenvalue weighted by molar-refractivity contribution is -0.135. The Hall–Kier alpha value is -2.16. The first-order chi connectivity index (χ1) is 13.2. The summed E-state index contributed by atoms with van der Waals surface area (Å²) in [6.07, 6.45) is 7.89. The van der Waals surface area contributed by atoms with Crippen molar-refractivity contribution in [3.05, 3.63) is 65.0 Å². The number of hydrogen-bond acceptors (Lipinski definition) is 2. The Morgan fingerprint density at radius 3 is 2.59 bits per heavy atom. The Balaban J connectivity index is 1.45. The van der Waals surface area contributed by atoms with Crippen molar-refractivity contribution in [3.8, 4) is 0 Å². The first-order valence-electron chi connectivity index (χ1n) is 10.5. The minimum atomic E-state index is 0.275. The molecule has 0 N–H and O–H groups in total. The predicted molar refractivity (Wildman–Crippen MR) is 109 cm³/mol. The van der Waals surface area contributed by atoms with Gasteiger partial charge in [0, 0.05) is 36.3 Å². The first-order valence-corrected chi connectivity index (χ1v) is 10.5. The molecule has 1 aliphatic heterocycles. The topological polar surface area (TPSA) is 33.2 Å². The normalized spacial score (nSPS) is 20.8. The van der Waals surface area contributed by atoms with Crippen LogP contribution < -0.4 is 0 Å². The number of carbonyl (C=O) groups excluding carboxylic acids is 1. The van der Waals surface area contributed by atoms with Crippen molar-refractivity contribution in [3.63, 3.8) is 0 Å². The summed E-state index contributed by atoms with van der Waals surface area (Å²) >= 11 is 0. The van der Waals surface area contributed by atoms with Crippen LogP contribution in [0.2, 0.25) is 0 Å². The van der Waals surface area contributed by atoms with Crippen molar-refractivity contribution < 1.29 is 4.79 Å². The molecule has 1 aromatic heterocycles. The fourth-order valence-corrected chi connectivity index (χ4v) is 4.72. The lowest BCUT2D eigenvalue weighted by atomic mass is 9.88. The average Bonchev–Trinajstić information content (AvgIpc) is 3.19. The summed E-state index contributed by atoms with van der Waals surface area (Å²) in [7, 11) is 0. The highest BCUT2D eigenvalue weighted by molar-refractivity contribution is 5.79. The van der Waals surface area contributed by atoms with Gasteiger partial charge in [-0.15, -0.1) is 0 Å². The second kappa shape index (κ2) is 8.24. The summed E-state index contributed by atoms with van der Waals surface area (Å²) in [5.41, 5.74) is 4.89. The molecule has 1 atom stereocenters. The van der Waals surface area contributed by atoms with Gasteiger partial charge in [-0.2, -0.15) is 0 Å². The zero-order valence-corrected chi connectivity index (χ0v) is 16.4. The molecule has 1 amide bonds. The molecule has 1 aliphatic carbocycles. The van der Waals surface area contributed by atoms with Gasteiger partial charge in [-0.3, -0.25) is 9.78 Å². The molecule has 3 nitrogen and oxygen atoms in total. The number of carbonyl (C=O) groups is 1. The summed E-state index contributed by atoms with van der Waals surface area (Å²) in [6.45, 7) is 3.82. The third-order valence-electron chi connectivity index (χ3n) is 6.16. The van der Waals surface area contributed by atoms with E-state index in [1.165, 1.54) is 36.1 Å². The van der Waals surface area contributed by atoms with E-state index in [0.29, 0.717) is 11.8 Å². The summed E-state index contributed by atoms with van der Waals surface area (Å²) in [5, 5.41) is 0. The van der Waals surface area contributed by atoms with Crippen LogP contribution in [0.1, 0.15) is 67.0 Å². The Kier molecular flexibility index (Phi) is 5.56. The highest BCUT2D eigenvalue weighted by atomic mass is 16.2. The molecule has 3 heteroatoms. The van der Waals surface area contributed by atoms with Gasteiger partial charge in [0.2, 0.25) is 5.91 Å². The minimum Gasteiger partial charge on any atom is -0.342 e. The monoisotopic (exact) mass is 362 g/mol. The lowest BCUT2D eigenvalue weighted by Gasteiger charge is -2.26. The van der Waals surface area contributed by atoms with Crippen molar-refractivity contribution in [2.45, 2.75) is 57.8 Å². The molecule has 142 valence electrons. The summed E-state index contributed by atoms with van der Waals surface area (Å²) in [5.74, 6) is 1.05.